The molecule has 1 aliphatic heterocycles. The molecule has 0 spiro atoms. The van der Waals surface area contributed by atoms with Crippen LogP contribution in [0.3, 0.4) is 0 Å². The molecule has 0 unspecified atom stereocenters. The quantitative estimate of drug-likeness (QED) is 0.472. The predicted octanol–water partition coefficient (Wildman–Crippen LogP) is 4.79. The Morgan fingerprint density at radius 3 is 1.72 bits per heavy atom. The van der Waals surface area contributed by atoms with E-state index in [1.807, 2.05) is 78.9 Å². The maximum Gasteiger partial charge on any atom is 0.266 e. The van der Waals surface area contributed by atoms with Gasteiger partial charge in [-0.25, -0.2) is 4.90 Å². The van der Waals surface area contributed by atoms with Gasteiger partial charge in [-0.3, -0.25) is 9.59 Å². The minimum absolute atomic E-state index is 0.262. The van der Waals surface area contributed by atoms with Crippen LogP contribution in [0.25, 0.3) is 21.5 Å². The Balaban J connectivity index is 1.74. The molecule has 5 rings (SSSR count). The number of anilines is 1. The normalized spacial score (nSPS) is 13.7. The van der Waals surface area contributed by atoms with Crippen molar-refractivity contribution in [1.82, 2.24) is 0 Å². The fourth-order valence-corrected chi connectivity index (χ4v) is 3.55. The first kappa shape index (κ1) is 13.9. The number of amides is 2. The molecule has 3 heteroatoms. The molecular weight excluding hydrogens is 310 g/mol. The van der Waals surface area contributed by atoms with Crippen LogP contribution < -0.4 is 4.90 Å². The van der Waals surface area contributed by atoms with Crippen molar-refractivity contribution >= 4 is 39.0 Å². The number of imide groups is 1. The Morgan fingerprint density at radius 1 is 0.560 bits per heavy atom. The zero-order valence-corrected chi connectivity index (χ0v) is 13.3. The minimum Gasteiger partial charge on any atom is -0.268 e. The highest BCUT2D eigenvalue weighted by Gasteiger charge is 2.37. The number of carbonyl (C=O) groups excluding carboxylic acids is 2. The van der Waals surface area contributed by atoms with Crippen molar-refractivity contribution in [3.8, 4) is 0 Å². The summed E-state index contributed by atoms with van der Waals surface area (Å²) in [7, 11) is 0. The average molecular weight is 323 g/mol. The van der Waals surface area contributed by atoms with Crippen LogP contribution >= 0.6 is 0 Å². The van der Waals surface area contributed by atoms with Gasteiger partial charge in [-0.2, -0.15) is 0 Å². The van der Waals surface area contributed by atoms with E-state index in [9.17, 15) is 9.59 Å². The van der Waals surface area contributed by atoms with Crippen molar-refractivity contribution in [2.45, 2.75) is 0 Å². The van der Waals surface area contributed by atoms with Gasteiger partial charge in [-0.15, -0.1) is 0 Å². The second kappa shape index (κ2) is 5.02. The summed E-state index contributed by atoms with van der Waals surface area (Å²) in [5.41, 5.74) is 1.57. The van der Waals surface area contributed by atoms with Crippen molar-refractivity contribution in [1.29, 1.82) is 0 Å². The summed E-state index contributed by atoms with van der Waals surface area (Å²) in [6, 6.07) is 24.8. The van der Waals surface area contributed by atoms with Crippen molar-refractivity contribution in [2.24, 2.45) is 0 Å². The molecule has 4 aromatic rings. The zero-order valence-electron chi connectivity index (χ0n) is 13.3. The number of benzene rings is 4. The van der Waals surface area contributed by atoms with Gasteiger partial charge < -0.3 is 0 Å². The predicted molar refractivity (Wildman–Crippen MR) is 99.0 cm³/mol. The molecule has 0 fully saturated rings. The molecule has 0 aliphatic carbocycles. The van der Waals surface area contributed by atoms with E-state index in [0.717, 1.165) is 21.5 Å². The molecule has 1 aliphatic rings. The summed E-state index contributed by atoms with van der Waals surface area (Å²) >= 11 is 0. The number of fused-ring (bicyclic) bond motifs is 3. The Bertz CT molecular complexity index is 1130. The monoisotopic (exact) mass is 323 g/mol. The van der Waals surface area contributed by atoms with E-state index in [2.05, 4.69) is 0 Å². The van der Waals surface area contributed by atoms with Crippen molar-refractivity contribution in [2.75, 3.05) is 4.90 Å². The van der Waals surface area contributed by atoms with Crippen molar-refractivity contribution in [3.05, 3.63) is 90.0 Å². The summed E-state index contributed by atoms with van der Waals surface area (Å²) < 4.78 is 0. The van der Waals surface area contributed by atoms with Crippen LogP contribution in [0.5, 0.6) is 0 Å². The lowest BCUT2D eigenvalue weighted by atomic mass is 10.0. The third-order valence-corrected chi connectivity index (χ3v) is 4.76. The first-order valence-electron chi connectivity index (χ1n) is 8.13. The van der Waals surface area contributed by atoms with E-state index in [-0.39, 0.29) is 11.8 Å². The Kier molecular flexibility index (Phi) is 2.80. The summed E-state index contributed by atoms with van der Waals surface area (Å²) in [6.07, 6.45) is 0. The first-order chi connectivity index (χ1) is 12.2. The lowest BCUT2D eigenvalue weighted by Crippen LogP contribution is -2.29. The molecule has 0 atom stereocenters. The standard InChI is InChI=1S/C22H13NO2/c24-21-18-12-15-7-1-2-8-16(15)13-19(18)22(25)23(21)20-11-5-9-14-6-3-4-10-17(14)20/h1-13H. The maximum atomic E-state index is 13.0. The minimum atomic E-state index is -0.262. The summed E-state index contributed by atoms with van der Waals surface area (Å²) in [5, 5.41) is 3.81. The highest BCUT2D eigenvalue weighted by molar-refractivity contribution is 6.36. The lowest BCUT2D eigenvalue weighted by Gasteiger charge is -2.16. The third kappa shape index (κ3) is 1.93. The molecule has 0 N–H and O–H groups in total. The van der Waals surface area contributed by atoms with E-state index >= 15 is 0 Å². The van der Waals surface area contributed by atoms with Crippen LogP contribution in [0.1, 0.15) is 20.7 Å². The SMILES string of the molecule is O=C1c2cc3ccccc3cc2C(=O)N1c1cccc2ccccc12. The Hall–Kier alpha value is -3.46. The highest BCUT2D eigenvalue weighted by Crippen LogP contribution is 2.35. The molecule has 4 aromatic carbocycles. The van der Waals surface area contributed by atoms with Gasteiger partial charge in [0.25, 0.3) is 11.8 Å². The van der Waals surface area contributed by atoms with Crippen molar-refractivity contribution < 1.29 is 9.59 Å². The van der Waals surface area contributed by atoms with Gasteiger partial charge in [0.05, 0.1) is 16.8 Å². The van der Waals surface area contributed by atoms with E-state index in [0.29, 0.717) is 16.8 Å². The molecule has 0 radical (unpaired) electrons. The van der Waals surface area contributed by atoms with Gasteiger partial charge in [-0.1, -0.05) is 60.7 Å². The molecule has 0 bridgehead atoms. The van der Waals surface area contributed by atoms with Crippen molar-refractivity contribution in [3.63, 3.8) is 0 Å². The lowest BCUT2D eigenvalue weighted by molar-refractivity contribution is 0.0926. The van der Waals surface area contributed by atoms with Gasteiger partial charge in [0, 0.05) is 5.39 Å². The van der Waals surface area contributed by atoms with Gasteiger partial charge in [0.1, 0.15) is 0 Å². The van der Waals surface area contributed by atoms with Gasteiger partial charge in [0.15, 0.2) is 0 Å². The number of carbonyl (C=O) groups is 2. The highest BCUT2D eigenvalue weighted by atomic mass is 16.2. The first-order valence-corrected chi connectivity index (χ1v) is 8.13. The number of nitrogens with zero attached hydrogens (tertiary/aromatic N) is 1. The molecule has 0 saturated heterocycles. The number of rotatable bonds is 1. The maximum absolute atomic E-state index is 13.0. The zero-order chi connectivity index (χ0) is 17.0. The Labute approximate surface area is 144 Å². The van der Waals surface area contributed by atoms with Crippen LogP contribution in [0.4, 0.5) is 5.69 Å². The van der Waals surface area contributed by atoms with Gasteiger partial charge >= 0.3 is 0 Å². The summed E-state index contributed by atoms with van der Waals surface area (Å²) in [4.78, 5) is 27.3. The second-order valence-corrected chi connectivity index (χ2v) is 6.19. The van der Waals surface area contributed by atoms with Gasteiger partial charge in [-0.05, 0) is 34.4 Å². The molecule has 0 saturated carbocycles. The molecule has 25 heavy (non-hydrogen) atoms. The van der Waals surface area contributed by atoms with E-state index < -0.39 is 0 Å². The topological polar surface area (TPSA) is 37.4 Å². The molecule has 2 amide bonds. The van der Waals surface area contributed by atoms with Crippen LogP contribution in [0.2, 0.25) is 0 Å². The Morgan fingerprint density at radius 2 is 1.08 bits per heavy atom. The van der Waals surface area contributed by atoms with E-state index in [4.69, 9.17) is 0 Å². The van der Waals surface area contributed by atoms with E-state index in [1.54, 1.807) is 0 Å². The number of hydrogen-bond donors (Lipinski definition) is 0. The number of hydrogen-bond acceptors (Lipinski definition) is 2. The average Bonchev–Trinajstić information content (AvgIpc) is 2.90. The van der Waals surface area contributed by atoms with Crippen LogP contribution in [-0.4, -0.2) is 11.8 Å². The summed E-state index contributed by atoms with van der Waals surface area (Å²) in [5.74, 6) is -0.524. The molecule has 0 aromatic heterocycles. The smallest absolute Gasteiger partial charge is 0.266 e. The summed E-state index contributed by atoms with van der Waals surface area (Å²) in [6.45, 7) is 0. The third-order valence-electron chi connectivity index (χ3n) is 4.76. The van der Waals surface area contributed by atoms with Crippen LogP contribution in [0, 0.1) is 0 Å². The largest absolute Gasteiger partial charge is 0.268 e. The van der Waals surface area contributed by atoms with Gasteiger partial charge in [0.2, 0.25) is 0 Å². The van der Waals surface area contributed by atoms with E-state index in [1.165, 1.54) is 4.90 Å². The molecular formula is C22H13NO2. The molecule has 118 valence electrons. The fourth-order valence-electron chi connectivity index (χ4n) is 3.55. The van der Waals surface area contributed by atoms with Crippen LogP contribution in [-0.2, 0) is 0 Å². The fraction of sp³-hybridized carbons (Fsp3) is 0. The second-order valence-electron chi connectivity index (χ2n) is 6.19. The van der Waals surface area contributed by atoms with Crippen LogP contribution in [0.15, 0.2) is 78.9 Å². The molecule has 1 heterocycles. The molecule has 3 nitrogen and oxygen atoms in total.